The standard InChI is InChI=1S/C17H14FN5O3/c18-13-6-8-14(9-7-13)20-17(25)16(12-4-2-1-3-5-12)26-15(24)10-23-11-19-21-22-23/h1-9,11,16H,10H2,(H,20,25)/t16-/m1/s1. The molecule has 9 heteroatoms. The van der Waals surface area contributed by atoms with Crippen molar-refractivity contribution in [3.8, 4) is 0 Å². The minimum Gasteiger partial charge on any atom is -0.446 e. The summed E-state index contributed by atoms with van der Waals surface area (Å²) in [5.74, 6) is -1.66. The highest BCUT2D eigenvalue weighted by molar-refractivity contribution is 5.96. The number of benzene rings is 2. The molecule has 0 aliphatic heterocycles. The maximum absolute atomic E-state index is 13.0. The minimum atomic E-state index is -1.18. The largest absolute Gasteiger partial charge is 0.446 e. The summed E-state index contributed by atoms with van der Waals surface area (Å²) in [6.45, 7) is -0.236. The van der Waals surface area contributed by atoms with Gasteiger partial charge in [0, 0.05) is 11.3 Å². The molecule has 26 heavy (non-hydrogen) atoms. The van der Waals surface area contributed by atoms with E-state index in [2.05, 4.69) is 20.8 Å². The van der Waals surface area contributed by atoms with Gasteiger partial charge >= 0.3 is 5.97 Å². The van der Waals surface area contributed by atoms with Gasteiger partial charge in [-0.15, -0.1) is 5.10 Å². The molecule has 1 heterocycles. The Hall–Kier alpha value is -3.62. The molecule has 8 nitrogen and oxygen atoms in total. The average molecular weight is 355 g/mol. The summed E-state index contributed by atoms with van der Waals surface area (Å²) in [5.41, 5.74) is 0.881. The van der Waals surface area contributed by atoms with Crippen LogP contribution in [0, 0.1) is 5.82 Å². The third kappa shape index (κ3) is 4.47. The van der Waals surface area contributed by atoms with Gasteiger partial charge in [-0.2, -0.15) is 0 Å². The Morgan fingerprint density at radius 3 is 2.50 bits per heavy atom. The van der Waals surface area contributed by atoms with E-state index in [1.807, 2.05) is 0 Å². The second kappa shape index (κ2) is 7.97. The molecular weight excluding hydrogens is 341 g/mol. The number of tetrazole rings is 1. The number of carbonyl (C=O) groups excluding carboxylic acids is 2. The molecule has 0 unspecified atom stereocenters. The molecule has 0 aliphatic carbocycles. The summed E-state index contributed by atoms with van der Waals surface area (Å²) in [6.07, 6.45) is 0.0856. The van der Waals surface area contributed by atoms with Crippen molar-refractivity contribution < 1.29 is 18.7 Å². The van der Waals surface area contributed by atoms with Crippen LogP contribution < -0.4 is 5.32 Å². The Bertz CT molecular complexity index is 869. The molecule has 1 amide bonds. The zero-order valence-electron chi connectivity index (χ0n) is 13.4. The number of hydrogen-bond acceptors (Lipinski definition) is 6. The summed E-state index contributed by atoms with van der Waals surface area (Å²) in [4.78, 5) is 24.7. The third-order valence-electron chi connectivity index (χ3n) is 3.38. The van der Waals surface area contributed by atoms with Crippen LogP contribution in [0.15, 0.2) is 60.9 Å². The van der Waals surface area contributed by atoms with Gasteiger partial charge in [0.05, 0.1) is 0 Å². The van der Waals surface area contributed by atoms with Gasteiger partial charge in [-0.25, -0.2) is 9.07 Å². The highest BCUT2D eigenvalue weighted by atomic mass is 19.1. The van der Waals surface area contributed by atoms with Crippen molar-refractivity contribution in [3.63, 3.8) is 0 Å². The maximum atomic E-state index is 13.0. The van der Waals surface area contributed by atoms with Gasteiger partial charge in [0.25, 0.3) is 5.91 Å². The Balaban J connectivity index is 1.75. The van der Waals surface area contributed by atoms with Gasteiger partial charge in [-0.05, 0) is 34.7 Å². The van der Waals surface area contributed by atoms with Gasteiger partial charge in [-0.1, -0.05) is 30.3 Å². The van der Waals surface area contributed by atoms with E-state index in [0.717, 1.165) is 0 Å². The molecule has 132 valence electrons. The lowest BCUT2D eigenvalue weighted by atomic mass is 10.1. The van der Waals surface area contributed by atoms with E-state index in [9.17, 15) is 14.0 Å². The third-order valence-corrected chi connectivity index (χ3v) is 3.38. The monoisotopic (exact) mass is 355 g/mol. The van der Waals surface area contributed by atoms with Gasteiger partial charge in [0.1, 0.15) is 18.7 Å². The van der Waals surface area contributed by atoms with Crippen LogP contribution in [0.3, 0.4) is 0 Å². The van der Waals surface area contributed by atoms with Gasteiger partial charge in [-0.3, -0.25) is 9.59 Å². The van der Waals surface area contributed by atoms with Crippen molar-refractivity contribution in [2.24, 2.45) is 0 Å². The van der Waals surface area contributed by atoms with E-state index in [0.29, 0.717) is 11.3 Å². The van der Waals surface area contributed by atoms with E-state index in [4.69, 9.17) is 4.74 Å². The maximum Gasteiger partial charge on any atom is 0.329 e. The Morgan fingerprint density at radius 2 is 1.85 bits per heavy atom. The number of aromatic nitrogens is 4. The van der Waals surface area contributed by atoms with E-state index in [1.54, 1.807) is 30.3 Å². The molecule has 3 aromatic rings. The van der Waals surface area contributed by atoms with E-state index >= 15 is 0 Å². The molecule has 0 spiro atoms. The van der Waals surface area contributed by atoms with Crippen LogP contribution >= 0.6 is 0 Å². The van der Waals surface area contributed by atoms with Crippen molar-refractivity contribution in [1.82, 2.24) is 20.2 Å². The molecule has 0 fully saturated rings. The van der Waals surface area contributed by atoms with E-state index in [-0.39, 0.29) is 6.54 Å². The molecule has 0 saturated carbocycles. The van der Waals surface area contributed by atoms with Crippen LogP contribution in [0.1, 0.15) is 11.7 Å². The predicted octanol–water partition coefficient (Wildman–Crippen LogP) is 1.74. The Labute approximate surface area is 147 Å². The number of anilines is 1. The zero-order valence-corrected chi connectivity index (χ0v) is 13.4. The lowest BCUT2D eigenvalue weighted by Crippen LogP contribution is -2.27. The van der Waals surface area contributed by atoms with Crippen molar-refractivity contribution in [1.29, 1.82) is 0 Å². The molecular formula is C17H14FN5O3. The average Bonchev–Trinajstić information content (AvgIpc) is 3.15. The summed E-state index contributed by atoms with van der Waals surface area (Å²) >= 11 is 0. The molecule has 1 atom stereocenters. The summed E-state index contributed by atoms with van der Waals surface area (Å²) in [5, 5.41) is 13.0. The number of nitrogens with one attached hydrogen (secondary N) is 1. The van der Waals surface area contributed by atoms with Crippen LogP contribution in [0.4, 0.5) is 10.1 Å². The van der Waals surface area contributed by atoms with Crippen molar-refractivity contribution in [2.45, 2.75) is 12.6 Å². The first-order valence-corrected chi connectivity index (χ1v) is 7.63. The first-order valence-electron chi connectivity index (χ1n) is 7.63. The Morgan fingerprint density at radius 1 is 1.12 bits per heavy atom. The molecule has 2 aromatic carbocycles. The molecule has 1 aromatic heterocycles. The zero-order chi connectivity index (χ0) is 18.4. The van der Waals surface area contributed by atoms with Crippen LogP contribution in [0.25, 0.3) is 0 Å². The van der Waals surface area contributed by atoms with Gasteiger partial charge in [0.15, 0.2) is 0 Å². The van der Waals surface area contributed by atoms with Crippen LogP contribution in [0.5, 0.6) is 0 Å². The number of nitrogens with zero attached hydrogens (tertiary/aromatic N) is 4. The van der Waals surface area contributed by atoms with Crippen molar-refractivity contribution >= 4 is 17.6 Å². The van der Waals surface area contributed by atoms with Crippen molar-refractivity contribution in [3.05, 3.63) is 72.3 Å². The van der Waals surface area contributed by atoms with Crippen molar-refractivity contribution in [2.75, 3.05) is 5.32 Å². The van der Waals surface area contributed by atoms with Crippen LogP contribution in [-0.2, 0) is 20.9 Å². The predicted molar refractivity (Wildman–Crippen MR) is 88.1 cm³/mol. The fraction of sp³-hybridized carbons (Fsp3) is 0.118. The molecule has 1 N–H and O–H groups in total. The number of hydrogen-bond donors (Lipinski definition) is 1. The minimum absolute atomic E-state index is 0.236. The fourth-order valence-electron chi connectivity index (χ4n) is 2.20. The lowest BCUT2D eigenvalue weighted by molar-refractivity contribution is -0.155. The molecule has 0 saturated heterocycles. The Kier molecular flexibility index (Phi) is 5.28. The number of amides is 1. The van der Waals surface area contributed by atoms with Gasteiger partial charge < -0.3 is 10.1 Å². The molecule has 0 bridgehead atoms. The number of halogens is 1. The van der Waals surface area contributed by atoms with Gasteiger partial charge in [0.2, 0.25) is 6.10 Å². The van der Waals surface area contributed by atoms with Crippen LogP contribution in [-0.4, -0.2) is 32.1 Å². The number of esters is 1. The molecule has 3 rings (SSSR count). The summed E-state index contributed by atoms with van der Waals surface area (Å²) in [7, 11) is 0. The second-order valence-corrected chi connectivity index (χ2v) is 5.28. The summed E-state index contributed by atoms with van der Waals surface area (Å²) < 4.78 is 19.5. The normalized spacial score (nSPS) is 11.6. The highest BCUT2D eigenvalue weighted by Gasteiger charge is 2.25. The molecule has 0 aliphatic rings. The van der Waals surface area contributed by atoms with E-state index < -0.39 is 23.8 Å². The number of rotatable bonds is 6. The smallest absolute Gasteiger partial charge is 0.329 e. The highest BCUT2D eigenvalue weighted by Crippen LogP contribution is 2.20. The first kappa shape index (κ1) is 17.2. The van der Waals surface area contributed by atoms with Crippen LogP contribution in [0.2, 0.25) is 0 Å². The number of carbonyl (C=O) groups is 2. The fourth-order valence-corrected chi connectivity index (χ4v) is 2.20. The van der Waals surface area contributed by atoms with E-state index in [1.165, 1.54) is 35.3 Å². The second-order valence-electron chi connectivity index (χ2n) is 5.28. The molecule has 0 radical (unpaired) electrons. The first-order chi connectivity index (χ1) is 12.6. The SMILES string of the molecule is O=C(Cn1cnnn1)O[C@@H](C(=O)Nc1ccc(F)cc1)c1ccccc1. The topological polar surface area (TPSA) is 99.0 Å². The quantitative estimate of drug-likeness (QED) is 0.676. The lowest BCUT2D eigenvalue weighted by Gasteiger charge is -2.18. The number of ether oxygens (including phenoxy) is 1. The summed E-state index contributed by atoms with van der Waals surface area (Å²) in [6, 6.07) is 13.8.